The lowest BCUT2D eigenvalue weighted by Crippen LogP contribution is -2.73. The molecule has 0 aromatic rings. The Morgan fingerprint density at radius 2 is 1.03 bits per heavy atom. The van der Waals surface area contributed by atoms with Crippen LogP contribution in [0.4, 0.5) is 0 Å². The molecule has 0 aromatic carbocycles. The molecule has 0 N–H and O–H groups in total. The molecule has 3 atom stereocenters. The Hall–Kier alpha value is 0.114. The molecule has 0 aliphatic carbocycles. The molecule has 1 heterocycles. The average molecular weight is 453 g/mol. The number of nitrogens with zero attached hydrogens (tertiary/aromatic N) is 2. The van der Waals surface area contributed by atoms with E-state index < -0.39 is 17.6 Å². The summed E-state index contributed by atoms with van der Waals surface area (Å²) in [6.45, 7) is 8.72. The van der Waals surface area contributed by atoms with E-state index in [0.29, 0.717) is 0 Å². The van der Waals surface area contributed by atoms with Crippen molar-refractivity contribution in [1.29, 1.82) is 0 Å². The van der Waals surface area contributed by atoms with Crippen LogP contribution in [0.3, 0.4) is 0 Å². The van der Waals surface area contributed by atoms with Crippen LogP contribution in [0.5, 0.6) is 0 Å². The second-order valence-corrected chi connectivity index (χ2v) is 13.7. The maximum atomic E-state index is 5.94. The van der Waals surface area contributed by atoms with E-state index >= 15 is 0 Å². The van der Waals surface area contributed by atoms with Gasteiger partial charge in [0.15, 0.2) is 0 Å². The molecule has 0 saturated carbocycles. The highest BCUT2D eigenvalue weighted by atomic mass is 28.4. The number of rotatable bonds is 14. The smallest absolute Gasteiger partial charge is 0.376 e. The molecule has 1 fully saturated rings. The third-order valence-electron chi connectivity index (χ3n) is 6.37. The summed E-state index contributed by atoms with van der Waals surface area (Å²) in [4.78, 5) is 4.99. The van der Waals surface area contributed by atoms with Crippen molar-refractivity contribution >= 4 is 17.6 Å². The summed E-state index contributed by atoms with van der Waals surface area (Å²) in [6, 6.07) is 0. The second-order valence-electron chi connectivity index (χ2n) is 7.46. The fourth-order valence-corrected chi connectivity index (χ4v) is 10.1. The van der Waals surface area contributed by atoms with Crippen molar-refractivity contribution in [2.24, 2.45) is 0 Å². The van der Waals surface area contributed by atoms with Gasteiger partial charge in [-0.1, -0.05) is 20.3 Å². The zero-order valence-corrected chi connectivity index (χ0v) is 22.0. The molecule has 1 saturated heterocycles. The van der Waals surface area contributed by atoms with Crippen molar-refractivity contribution < 1.29 is 26.6 Å². The summed E-state index contributed by atoms with van der Waals surface area (Å²) in [5, 5.41) is 0. The second kappa shape index (κ2) is 12.8. The van der Waals surface area contributed by atoms with Crippen LogP contribution >= 0.6 is 0 Å². The van der Waals surface area contributed by atoms with Gasteiger partial charge in [0.1, 0.15) is 0 Å². The van der Waals surface area contributed by atoms with Crippen molar-refractivity contribution in [3.63, 3.8) is 0 Å². The molecule has 1 aliphatic rings. The minimum absolute atomic E-state index is 0.0586. The first kappa shape index (κ1) is 27.1. The number of likely N-dealkylation sites (tertiary alicyclic amines) is 1. The van der Waals surface area contributed by atoms with E-state index in [1.165, 1.54) is 19.3 Å². The molecule has 0 aromatic heterocycles. The zero-order chi connectivity index (χ0) is 22.1. The largest absolute Gasteiger partial charge is 0.518 e. The summed E-state index contributed by atoms with van der Waals surface area (Å²) in [7, 11) is 4.13. The van der Waals surface area contributed by atoms with E-state index in [4.69, 9.17) is 26.6 Å². The Balaban J connectivity index is 3.53. The SMILES string of the molecule is CCC(N(C(C)N1CCCCC1)C(CC)[Si](OC)(OC)OC)[Si](OC)(OC)OC. The Kier molecular flexibility index (Phi) is 12.0. The van der Waals surface area contributed by atoms with E-state index in [9.17, 15) is 0 Å². The molecule has 0 spiro atoms. The van der Waals surface area contributed by atoms with Crippen LogP contribution in [-0.4, -0.2) is 101 Å². The van der Waals surface area contributed by atoms with Crippen molar-refractivity contribution in [2.75, 3.05) is 55.7 Å². The molecule has 0 bridgehead atoms. The van der Waals surface area contributed by atoms with Crippen LogP contribution < -0.4 is 0 Å². The number of piperidine rings is 1. The molecule has 1 rings (SSSR count). The lowest BCUT2D eigenvalue weighted by molar-refractivity contribution is -0.0353. The van der Waals surface area contributed by atoms with E-state index in [-0.39, 0.29) is 17.5 Å². The fourth-order valence-electron chi connectivity index (χ4n) is 4.82. The highest BCUT2D eigenvalue weighted by Crippen LogP contribution is 2.32. The summed E-state index contributed by atoms with van der Waals surface area (Å²) >= 11 is 0. The summed E-state index contributed by atoms with van der Waals surface area (Å²) in [5.74, 6) is 0. The van der Waals surface area contributed by atoms with Gasteiger partial charge in [-0.2, -0.15) is 0 Å². The highest BCUT2D eigenvalue weighted by Gasteiger charge is 2.59. The molecule has 3 unspecified atom stereocenters. The fraction of sp³-hybridized carbons (Fsp3) is 1.00. The Labute approximate surface area is 180 Å². The Morgan fingerprint density at radius 3 is 1.31 bits per heavy atom. The maximum Gasteiger partial charge on any atom is 0.518 e. The first-order chi connectivity index (χ1) is 13.9. The summed E-state index contributed by atoms with van der Waals surface area (Å²) in [6.07, 6.45) is 5.50. The van der Waals surface area contributed by atoms with Gasteiger partial charge in [-0.15, -0.1) is 0 Å². The predicted octanol–water partition coefficient (Wildman–Crippen LogP) is 2.51. The Morgan fingerprint density at radius 1 is 0.690 bits per heavy atom. The normalized spacial score (nSPS) is 20.1. The van der Waals surface area contributed by atoms with Gasteiger partial charge >= 0.3 is 17.6 Å². The van der Waals surface area contributed by atoms with Crippen LogP contribution in [0.2, 0.25) is 0 Å². The van der Waals surface area contributed by atoms with Crippen LogP contribution in [0.1, 0.15) is 52.9 Å². The quantitative estimate of drug-likeness (QED) is 0.373. The van der Waals surface area contributed by atoms with Gasteiger partial charge in [0.05, 0.1) is 17.5 Å². The van der Waals surface area contributed by atoms with E-state index in [1.807, 2.05) is 0 Å². The highest BCUT2D eigenvalue weighted by molar-refractivity contribution is 6.64. The van der Waals surface area contributed by atoms with Gasteiger partial charge in [-0.05, 0) is 45.7 Å². The average Bonchev–Trinajstić information content (AvgIpc) is 2.79. The monoisotopic (exact) mass is 452 g/mol. The van der Waals surface area contributed by atoms with Crippen LogP contribution in [0.15, 0.2) is 0 Å². The van der Waals surface area contributed by atoms with Crippen molar-refractivity contribution in [3.8, 4) is 0 Å². The van der Waals surface area contributed by atoms with Gasteiger partial charge < -0.3 is 26.6 Å². The van der Waals surface area contributed by atoms with Gasteiger partial charge in [0, 0.05) is 42.7 Å². The third kappa shape index (κ3) is 5.68. The molecule has 0 amide bonds. The standard InChI is InChI=1S/C19H44N2O6Si2/c1-10-18(28(22-4,23-5)24-6)21(17(3)20-15-13-12-14-16-20)19(11-2)29(25-7,26-8)27-9/h17-19H,10-16H2,1-9H3. The minimum atomic E-state index is -2.98. The lowest BCUT2D eigenvalue weighted by Gasteiger charge is -2.51. The number of hydrogen-bond acceptors (Lipinski definition) is 8. The first-order valence-electron chi connectivity index (χ1n) is 10.7. The van der Waals surface area contributed by atoms with E-state index in [0.717, 1.165) is 25.9 Å². The molecular formula is C19H44N2O6Si2. The van der Waals surface area contributed by atoms with Crippen LogP contribution in [0, 0.1) is 0 Å². The maximum absolute atomic E-state index is 5.94. The minimum Gasteiger partial charge on any atom is -0.376 e. The zero-order valence-electron chi connectivity index (χ0n) is 20.0. The van der Waals surface area contributed by atoms with Crippen molar-refractivity contribution in [1.82, 2.24) is 9.80 Å². The Bertz CT molecular complexity index is 404. The van der Waals surface area contributed by atoms with Crippen molar-refractivity contribution in [3.05, 3.63) is 0 Å². The van der Waals surface area contributed by atoms with Gasteiger partial charge in [-0.25, -0.2) is 0 Å². The molecule has 8 nitrogen and oxygen atoms in total. The van der Waals surface area contributed by atoms with Crippen molar-refractivity contribution in [2.45, 2.75) is 70.4 Å². The summed E-state index contributed by atoms with van der Waals surface area (Å²) < 4.78 is 35.7. The van der Waals surface area contributed by atoms with E-state index in [2.05, 4.69) is 30.6 Å². The van der Waals surface area contributed by atoms with Crippen LogP contribution in [-0.2, 0) is 26.6 Å². The molecular weight excluding hydrogens is 408 g/mol. The van der Waals surface area contributed by atoms with Crippen LogP contribution in [0.25, 0.3) is 0 Å². The van der Waals surface area contributed by atoms with E-state index in [1.54, 1.807) is 42.7 Å². The molecule has 0 radical (unpaired) electrons. The summed E-state index contributed by atoms with van der Waals surface area (Å²) in [5.41, 5.74) is -0.117. The topological polar surface area (TPSA) is 61.9 Å². The van der Waals surface area contributed by atoms with Gasteiger partial charge in [0.25, 0.3) is 0 Å². The predicted molar refractivity (Wildman–Crippen MR) is 118 cm³/mol. The number of hydrogen-bond donors (Lipinski definition) is 0. The first-order valence-corrected chi connectivity index (χ1v) is 14.3. The van der Waals surface area contributed by atoms with Gasteiger partial charge in [-0.3, -0.25) is 9.80 Å². The molecule has 29 heavy (non-hydrogen) atoms. The molecule has 1 aliphatic heterocycles. The third-order valence-corrected chi connectivity index (χ3v) is 12.8. The van der Waals surface area contributed by atoms with Gasteiger partial charge in [0.2, 0.25) is 0 Å². The molecule has 10 heteroatoms. The molecule has 174 valence electrons. The lowest BCUT2D eigenvalue weighted by atomic mass is 10.1.